The second kappa shape index (κ2) is 7.16. The third-order valence-corrected chi connectivity index (χ3v) is 2.70. The van der Waals surface area contributed by atoms with Crippen molar-refractivity contribution in [1.29, 1.82) is 0 Å². The Morgan fingerprint density at radius 2 is 1.94 bits per heavy atom. The number of aliphatic hydroxyl groups excluding tert-OH is 4. The summed E-state index contributed by atoms with van der Waals surface area (Å²) in [5.74, 6) is -0.295. The molecule has 1 saturated heterocycles. The summed E-state index contributed by atoms with van der Waals surface area (Å²) < 4.78 is 10.4. The van der Waals surface area contributed by atoms with Gasteiger partial charge in [0.1, 0.15) is 12.2 Å². The Hall–Kier alpha value is -0.240. The minimum Gasteiger partial charge on any atom is -0.396 e. The highest BCUT2D eigenvalue weighted by Crippen LogP contribution is 2.20. The first-order valence-corrected chi connectivity index (χ1v) is 5.48. The second-order valence-electron chi connectivity index (χ2n) is 3.95. The lowest BCUT2D eigenvalue weighted by atomic mass is 9.93. The van der Waals surface area contributed by atoms with Gasteiger partial charge >= 0.3 is 0 Å². The van der Waals surface area contributed by atoms with Crippen LogP contribution in [0.25, 0.3) is 0 Å². The van der Waals surface area contributed by atoms with Gasteiger partial charge in [0.25, 0.3) is 0 Å². The fourth-order valence-corrected chi connectivity index (χ4v) is 1.65. The Balaban J connectivity index is 2.28. The molecule has 1 aliphatic heterocycles. The van der Waals surface area contributed by atoms with E-state index < -0.39 is 18.3 Å². The summed E-state index contributed by atoms with van der Waals surface area (Å²) in [5, 5.41) is 36.7. The van der Waals surface area contributed by atoms with Gasteiger partial charge in [-0.05, 0) is 6.42 Å². The molecule has 16 heavy (non-hydrogen) atoms. The Labute approximate surface area is 94.4 Å². The predicted molar refractivity (Wildman–Crippen MR) is 54.9 cm³/mol. The second-order valence-corrected chi connectivity index (χ2v) is 3.95. The molecular weight excluding hydrogens is 216 g/mol. The maximum atomic E-state index is 9.73. The van der Waals surface area contributed by atoms with Crippen molar-refractivity contribution in [1.82, 2.24) is 0 Å². The van der Waals surface area contributed by atoms with E-state index in [1.165, 1.54) is 0 Å². The molecule has 0 saturated carbocycles. The molecule has 0 unspecified atom stereocenters. The average Bonchev–Trinajstić information content (AvgIpc) is 2.30. The van der Waals surface area contributed by atoms with Crippen LogP contribution < -0.4 is 0 Å². The third-order valence-electron chi connectivity index (χ3n) is 2.70. The first-order chi connectivity index (χ1) is 7.70. The van der Waals surface area contributed by atoms with E-state index in [0.717, 1.165) is 0 Å². The van der Waals surface area contributed by atoms with E-state index in [9.17, 15) is 10.2 Å². The van der Waals surface area contributed by atoms with Crippen LogP contribution in [0.3, 0.4) is 0 Å². The minimum atomic E-state index is -1.08. The minimum absolute atomic E-state index is 0.0684. The largest absolute Gasteiger partial charge is 0.396 e. The van der Waals surface area contributed by atoms with Gasteiger partial charge in [0.2, 0.25) is 0 Å². The fraction of sp³-hybridized carbons (Fsp3) is 1.00. The molecule has 0 aromatic heterocycles. The molecule has 1 fully saturated rings. The topological polar surface area (TPSA) is 99.4 Å². The van der Waals surface area contributed by atoms with Crippen molar-refractivity contribution < 1.29 is 29.9 Å². The average molecular weight is 236 g/mol. The number of hydrogen-bond donors (Lipinski definition) is 4. The maximum absolute atomic E-state index is 9.73. The van der Waals surface area contributed by atoms with E-state index in [4.69, 9.17) is 19.7 Å². The molecule has 0 spiro atoms. The van der Waals surface area contributed by atoms with Gasteiger partial charge in [0.15, 0.2) is 0 Å². The zero-order valence-electron chi connectivity index (χ0n) is 9.16. The van der Waals surface area contributed by atoms with Crippen LogP contribution in [0.5, 0.6) is 0 Å². The van der Waals surface area contributed by atoms with Crippen molar-refractivity contribution in [3.05, 3.63) is 0 Å². The standard InChI is InChI=1S/C10H20O6/c11-2-1-3-15-5-7-6-16-8(4-12)10(14)9(7)13/h7-14H,1-6H2/t7-,8+,9+,10-/m0/s1. The normalized spacial score (nSPS) is 35.2. The van der Waals surface area contributed by atoms with E-state index in [0.29, 0.717) is 13.0 Å². The Kier molecular flexibility index (Phi) is 6.18. The fourth-order valence-electron chi connectivity index (χ4n) is 1.65. The molecule has 0 aliphatic carbocycles. The number of aliphatic hydroxyl groups is 4. The first-order valence-electron chi connectivity index (χ1n) is 5.48. The summed E-state index contributed by atoms with van der Waals surface area (Å²) in [6.45, 7) is 0.702. The maximum Gasteiger partial charge on any atom is 0.109 e. The van der Waals surface area contributed by atoms with E-state index in [-0.39, 0.29) is 32.3 Å². The highest BCUT2D eigenvalue weighted by Gasteiger charge is 2.37. The Bertz CT molecular complexity index is 188. The van der Waals surface area contributed by atoms with Crippen LogP contribution in [0, 0.1) is 5.92 Å². The molecule has 0 amide bonds. The molecule has 0 aromatic rings. The lowest BCUT2D eigenvalue weighted by Crippen LogP contribution is -2.52. The zero-order valence-corrected chi connectivity index (χ0v) is 9.16. The summed E-state index contributed by atoms with van der Waals surface area (Å²) >= 11 is 0. The van der Waals surface area contributed by atoms with Crippen LogP contribution in [0.2, 0.25) is 0 Å². The van der Waals surface area contributed by atoms with Gasteiger partial charge in [0, 0.05) is 19.1 Å². The predicted octanol–water partition coefficient (Wildman–Crippen LogP) is -1.89. The van der Waals surface area contributed by atoms with E-state index >= 15 is 0 Å². The number of rotatable bonds is 6. The van der Waals surface area contributed by atoms with Crippen LogP contribution >= 0.6 is 0 Å². The summed E-state index contributed by atoms with van der Waals surface area (Å²) in [4.78, 5) is 0. The monoisotopic (exact) mass is 236 g/mol. The third kappa shape index (κ3) is 3.65. The summed E-state index contributed by atoms with van der Waals surface area (Å²) in [7, 11) is 0. The van der Waals surface area contributed by atoms with Gasteiger partial charge in [-0.3, -0.25) is 0 Å². The first kappa shape index (κ1) is 13.8. The molecule has 4 atom stereocenters. The van der Waals surface area contributed by atoms with Crippen molar-refractivity contribution in [2.45, 2.75) is 24.7 Å². The van der Waals surface area contributed by atoms with Gasteiger partial charge in [-0.2, -0.15) is 0 Å². The molecule has 0 radical (unpaired) electrons. The molecule has 0 aromatic carbocycles. The molecule has 6 nitrogen and oxygen atoms in total. The van der Waals surface area contributed by atoms with Crippen molar-refractivity contribution in [3.63, 3.8) is 0 Å². The highest BCUT2D eigenvalue weighted by atomic mass is 16.5. The molecule has 1 heterocycles. The molecule has 96 valence electrons. The van der Waals surface area contributed by atoms with Crippen molar-refractivity contribution in [2.24, 2.45) is 5.92 Å². The molecule has 6 heteroatoms. The smallest absolute Gasteiger partial charge is 0.109 e. The molecule has 1 rings (SSSR count). The van der Waals surface area contributed by atoms with E-state index in [1.807, 2.05) is 0 Å². The van der Waals surface area contributed by atoms with Crippen LogP contribution in [0.15, 0.2) is 0 Å². The van der Waals surface area contributed by atoms with Crippen LogP contribution in [-0.4, -0.2) is 71.8 Å². The summed E-state index contributed by atoms with van der Waals surface area (Å²) in [5.41, 5.74) is 0. The van der Waals surface area contributed by atoms with Gasteiger partial charge in [-0.25, -0.2) is 0 Å². The van der Waals surface area contributed by atoms with Gasteiger partial charge in [-0.15, -0.1) is 0 Å². The highest BCUT2D eigenvalue weighted by molar-refractivity contribution is 4.86. The Morgan fingerprint density at radius 1 is 1.19 bits per heavy atom. The SMILES string of the molecule is OCCCOC[C@H]1CO[C@H](CO)[C@H](O)[C@@H]1O. The lowest BCUT2D eigenvalue weighted by Gasteiger charge is -2.36. The zero-order chi connectivity index (χ0) is 12.0. The van der Waals surface area contributed by atoms with Crippen LogP contribution in [-0.2, 0) is 9.47 Å². The van der Waals surface area contributed by atoms with Crippen molar-refractivity contribution >= 4 is 0 Å². The molecule has 4 N–H and O–H groups in total. The molecular formula is C10H20O6. The van der Waals surface area contributed by atoms with Gasteiger partial charge < -0.3 is 29.9 Å². The number of hydrogen-bond acceptors (Lipinski definition) is 6. The van der Waals surface area contributed by atoms with Crippen molar-refractivity contribution in [3.8, 4) is 0 Å². The molecule has 0 bridgehead atoms. The quantitative estimate of drug-likeness (QED) is 0.403. The van der Waals surface area contributed by atoms with Crippen LogP contribution in [0.4, 0.5) is 0 Å². The number of ether oxygens (including phenoxy) is 2. The van der Waals surface area contributed by atoms with Crippen molar-refractivity contribution in [2.75, 3.05) is 33.0 Å². The van der Waals surface area contributed by atoms with Gasteiger partial charge in [0.05, 0.1) is 25.9 Å². The van der Waals surface area contributed by atoms with E-state index in [1.54, 1.807) is 0 Å². The lowest BCUT2D eigenvalue weighted by molar-refractivity contribution is -0.184. The summed E-state index contributed by atoms with van der Waals surface area (Å²) in [6, 6.07) is 0. The Morgan fingerprint density at radius 3 is 2.56 bits per heavy atom. The van der Waals surface area contributed by atoms with Gasteiger partial charge in [-0.1, -0.05) is 0 Å². The molecule has 1 aliphatic rings. The summed E-state index contributed by atoms with van der Waals surface area (Å²) in [6.07, 6.45) is -2.19. The van der Waals surface area contributed by atoms with Crippen LogP contribution in [0.1, 0.15) is 6.42 Å². The van der Waals surface area contributed by atoms with E-state index in [2.05, 4.69) is 0 Å².